The molecule has 0 N–H and O–H groups in total. The van der Waals surface area contributed by atoms with E-state index >= 15 is 0 Å². The van der Waals surface area contributed by atoms with Crippen molar-refractivity contribution in [3.63, 3.8) is 0 Å². The summed E-state index contributed by atoms with van der Waals surface area (Å²) in [7, 11) is 0. The molecule has 0 saturated carbocycles. The molecule has 114 valence electrons. The van der Waals surface area contributed by atoms with Crippen LogP contribution in [0.4, 0.5) is 0 Å². The maximum atomic E-state index is 11.7. The molecule has 1 unspecified atom stereocenters. The molecule has 0 bridgehead atoms. The van der Waals surface area contributed by atoms with Gasteiger partial charge in [0.25, 0.3) is 0 Å². The SMILES string of the molecule is CCC(=O)N1CCN(CC2Cc3ccc(Cl)cc3C2)CC1. The third kappa shape index (κ3) is 3.41. The lowest BCUT2D eigenvalue weighted by molar-refractivity contribution is -0.132. The van der Waals surface area contributed by atoms with Crippen molar-refractivity contribution in [2.75, 3.05) is 32.7 Å². The molecule has 4 heteroatoms. The van der Waals surface area contributed by atoms with Gasteiger partial charge < -0.3 is 4.90 Å². The normalized spacial score (nSPS) is 22.4. The molecule has 2 aliphatic rings. The summed E-state index contributed by atoms with van der Waals surface area (Å²) in [6.07, 6.45) is 2.93. The summed E-state index contributed by atoms with van der Waals surface area (Å²) >= 11 is 6.07. The first-order valence-electron chi connectivity index (χ1n) is 7.93. The van der Waals surface area contributed by atoms with Gasteiger partial charge in [-0.05, 0) is 42.0 Å². The summed E-state index contributed by atoms with van der Waals surface area (Å²) in [5.41, 5.74) is 2.89. The van der Waals surface area contributed by atoms with E-state index in [2.05, 4.69) is 17.0 Å². The van der Waals surface area contributed by atoms with Gasteiger partial charge in [-0.25, -0.2) is 0 Å². The van der Waals surface area contributed by atoms with Gasteiger partial charge in [0.2, 0.25) is 5.91 Å². The highest BCUT2D eigenvalue weighted by molar-refractivity contribution is 6.30. The minimum Gasteiger partial charge on any atom is -0.340 e. The number of carbonyl (C=O) groups excluding carboxylic acids is 1. The molecule has 1 aliphatic heterocycles. The third-order valence-electron chi connectivity index (χ3n) is 4.73. The molecule has 3 rings (SSSR count). The summed E-state index contributed by atoms with van der Waals surface area (Å²) in [6, 6.07) is 6.29. The van der Waals surface area contributed by atoms with Crippen LogP contribution < -0.4 is 0 Å². The Balaban J connectivity index is 1.50. The van der Waals surface area contributed by atoms with Crippen molar-refractivity contribution in [1.82, 2.24) is 9.80 Å². The highest BCUT2D eigenvalue weighted by Crippen LogP contribution is 2.29. The molecular weight excluding hydrogens is 284 g/mol. The molecule has 0 aromatic heterocycles. The Kier molecular flexibility index (Phi) is 4.51. The molecule has 1 aromatic carbocycles. The minimum atomic E-state index is 0.289. The van der Waals surface area contributed by atoms with Crippen LogP contribution in [0.15, 0.2) is 18.2 Å². The lowest BCUT2D eigenvalue weighted by Gasteiger charge is -2.35. The number of hydrogen-bond acceptors (Lipinski definition) is 2. The highest BCUT2D eigenvalue weighted by atomic mass is 35.5. The van der Waals surface area contributed by atoms with Gasteiger partial charge in [0, 0.05) is 44.2 Å². The van der Waals surface area contributed by atoms with Crippen LogP contribution in [0.1, 0.15) is 24.5 Å². The predicted octanol–water partition coefficient (Wildman–Crippen LogP) is 2.61. The van der Waals surface area contributed by atoms with Gasteiger partial charge in [0.1, 0.15) is 0 Å². The summed E-state index contributed by atoms with van der Waals surface area (Å²) in [5, 5.41) is 0.848. The maximum absolute atomic E-state index is 11.7. The molecule has 0 radical (unpaired) electrons. The molecule has 21 heavy (non-hydrogen) atoms. The van der Waals surface area contributed by atoms with Gasteiger partial charge in [0.05, 0.1) is 0 Å². The second kappa shape index (κ2) is 6.37. The van der Waals surface area contributed by atoms with Crippen LogP contribution in [0.2, 0.25) is 5.02 Å². The number of piperazine rings is 1. The Bertz CT molecular complexity index is 524. The van der Waals surface area contributed by atoms with Crippen molar-refractivity contribution in [2.24, 2.45) is 5.92 Å². The number of carbonyl (C=O) groups is 1. The number of amides is 1. The Labute approximate surface area is 131 Å². The first kappa shape index (κ1) is 14.9. The minimum absolute atomic E-state index is 0.289. The first-order chi connectivity index (χ1) is 10.2. The highest BCUT2D eigenvalue weighted by Gasteiger charge is 2.26. The van der Waals surface area contributed by atoms with Crippen molar-refractivity contribution >= 4 is 17.5 Å². The number of fused-ring (bicyclic) bond motifs is 1. The van der Waals surface area contributed by atoms with Crippen molar-refractivity contribution < 1.29 is 4.79 Å². The lowest BCUT2D eigenvalue weighted by Crippen LogP contribution is -2.49. The van der Waals surface area contributed by atoms with Crippen LogP contribution in [0.25, 0.3) is 0 Å². The Morgan fingerprint density at radius 1 is 1.19 bits per heavy atom. The van der Waals surface area contributed by atoms with E-state index < -0.39 is 0 Å². The van der Waals surface area contributed by atoms with Gasteiger partial charge in [0.15, 0.2) is 0 Å². The lowest BCUT2D eigenvalue weighted by atomic mass is 10.1. The van der Waals surface area contributed by atoms with Gasteiger partial charge >= 0.3 is 0 Å². The molecule has 3 nitrogen and oxygen atoms in total. The molecule has 0 spiro atoms. The fourth-order valence-electron chi connectivity index (χ4n) is 3.58. The Morgan fingerprint density at radius 3 is 2.62 bits per heavy atom. The fraction of sp³-hybridized carbons (Fsp3) is 0.588. The van der Waals surface area contributed by atoms with Gasteiger partial charge in [-0.2, -0.15) is 0 Å². The molecule has 1 saturated heterocycles. The summed E-state index contributed by atoms with van der Waals surface area (Å²) in [6.45, 7) is 6.88. The molecule has 1 atom stereocenters. The number of benzene rings is 1. The average molecular weight is 307 g/mol. The monoisotopic (exact) mass is 306 g/mol. The van der Waals surface area contributed by atoms with E-state index in [9.17, 15) is 4.79 Å². The molecule has 1 aromatic rings. The van der Waals surface area contributed by atoms with E-state index in [1.807, 2.05) is 17.9 Å². The number of halogens is 1. The molecule has 1 aliphatic carbocycles. The van der Waals surface area contributed by atoms with Crippen molar-refractivity contribution in [3.8, 4) is 0 Å². The number of rotatable bonds is 3. The molecule has 1 heterocycles. The summed E-state index contributed by atoms with van der Waals surface area (Å²) in [4.78, 5) is 16.2. The molecule has 1 fully saturated rings. The van der Waals surface area contributed by atoms with E-state index in [1.54, 1.807) is 0 Å². The third-order valence-corrected chi connectivity index (χ3v) is 4.96. The first-order valence-corrected chi connectivity index (χ1v) is 8.31. The maximum Gasteiger partial charge on any atom is 0.222 e. The van der Waals surface area contributed by atoms with Crippen molar-refractivity contribution in [2.45, 2.75) is 26.2 Å². The zero-order valence-electron chi connectivity index (χ0n) is 12.6. The summed E-state index contributed by atoms with van der Waals surface area (Å²) < 4.78 is 0. The fourth-order valence-corrected chi connectivity index (χ4v) is 3.77. The van der Waals surface area contributed by atoms with Crippen molar-refractivity contribution in [1.29, 1.82) is 0 Å². The van der Waals surface area contributed by atoms with Crippen LogP contribution in [-0.2, 0) is 17.6 Å². The van der Waals surface area contributed by atoms with E-state index in [-0.39, 0.29) is 5.91 Å². The van der Waals surface area contributed by atoms with Crippen LogP contribution >= 0.6 is 11.6 Å². The van der Waals surface area contributed by atoms with E-state index in [4.69, 9.17) is 11.6 Å². The van der Waals surface area contributed by atoms with Crippen LogP contribution in [0.5, 0.6) is 0 Å². The Hall–Kier alpha value is -1.06. The quantitative estimate of drug-likeness (QED) is 0.857. The largest absolute Gasteiger partial charge is 0.340 e. The Morgan fingerprint density at radius 2 is 1.90 bits per heavy atom. The zero-order valence-corrected chi connectivity index (χ0v) is 13.4. The van der Waals surface area contributed by atoms with Crippen LogP contribution in [0.3, 0.4) is 0 Å². The van der Waals surface area contributed by atoms with E-state index in [1.165, 1.54) is 17.5 Å². The van der Waals surface area contributed by atoms with E-state index in [0.717, 1.165) is 44.2 Å². The van der Waals surface area contributed by atoms with E-state index in [0.29, 0.717) is 12.3 Å². The van der Waals surface area contributed by atoms with Crippen LogP contribution in [0, 0.1) is 5.92 Å². The number of hydrogen-bond donors (Lipinski definition) is 0. The zero-order chi connectivity index (χ0) is 14.8. The molecular formula is C17H23ClN2O. The second-order valence-electron chi connectivity index (χ2n) is 6.22. The smallest absolute Gasteiger partial charge is 0.222 e. The van der Waals surface area contributed by atoms with Gasteiger partial charge in [-0.3, -0.25) is 9.69 Å². The topological polar surface area (TPSA) is 23.6 Å². The van der Waals surface area contributed by atoms with Crippen LogP contribution in [-0.4, -0.2) is 48.4 Å². The molecule has 1 amide bonds. The summed E-state index contributed by atoms with van der Waals surface area (Å²) in [5.74, 6) is 0.990. The number of nitrogens with zero attached hydrogens (tertiary/aromatic N) is 2. The van der Waals surface area contributed by atoms with Crippen molar-refractivity contribution in [3.05, 3.63) is 34.3 Å². The predicted molar refractivity (Wildman–Crippen MR) is 85.7 cm³/mol. The average Bonchev–Trinajstić information content (AvgIpc) is 2.88. The second-order valence-corrected chi connectivity index (χ2v) is 6.66. The van der Waals surface area contributed by atoms with Gasteiger partial charge in [-0.15, -0.1) is 0 Å². The van der Waals surface area contributed by atoms with Gasteiger partial charge in [-0.1, -0.05) is 24.6 Å². The standard InChI is InChI=1S/C17H23ClN2O/c1-2-17(21)20-7-5-19(6-8-20)12-13-9-14-3-4-16(18)11-15(14)10-13/h3-4,11,13H,2,5-10,12H2,1H3.